The van der Waals surface area contributed by atoms with Crippen molar-refractivity contribution in [2.75, 3.05) is 0 Å². The number of phenols is 1. The molecular formula is C30H23N3O. The number of aromatic nitrogens is 3. The smallest absolute Gasteiger partial charge is 0.116 e. The maximum atomic E-state index is 9.93. The van der Waals surface area contributed by atoms with Crippen molar-refractivity contribution >= 4 is 12.2 Å². The van der Waals surface area contributed by atoms with Crippen LogP contribution in [-0.2, 0) is 0 Å². The van der Waals surface area contributed by atoms with Crippen molar-refractivity contribution in [2.45, 2.75) is 6.92 Å². The zero-order valence-corrected chi connectivity index (χ0v) is 18.8. The van der Waals surface area contributed by atoms with E-state index in [0.29, 0.717) is 0 Å². The van der Waals surface area contributed by atoms with Gasteiger partial charge in [-0.2, -0.15) is 0 Å². The Morgan fingerprint density at radius 1 is 0.647 bits per heavy atom. The molecule has 0 spiro atoms. The Morgan fingerprint density at radius 2 is 1.44 bits per heavy atom. The SMILES string of the molecule is Cc1cc(-c2ncc(-c3cccc(O)c3)cc2/C=C/c2ccccc2)cnc1-c1cccnc1. The molecule has 0 unspecified atom stereocenters. The minimum atomic E-state index is 0.230. The number of aromatic hydroxyl groups is 1. The lowest BCUT2D eigenvalue weighted by Gasteiger charge is -2.11. The molecule has 0 fully saturated rings. The fraction of sp³-hybridized carbons (Fsp3) is 0.0333. The molecule has 0 amide bonds. The van der Waals surface area contributed by atoms with Crippen molar-refractivity contribution in [1.82, 2.24) is 15.0 Å². The molecular weight excluding hydrogens is 418 g/mol. The summed E-state index contributed by atoms with van der Waals surface area (Å²) in [6, 6.07) is 25.5. The van der Waals surface area contributed by atoms with E-state index in [9.17, 15) is 5.11 Å². The third-order valence-electron chi connectivity index (χ3n) is 5.64. The van der Waals surface area contributed by atoms with E-state index in [2.05, 4.69) is 48.3 Å². The Bertz CT molecular complexity index is 1460. The second-order valence-corrected chi connectivity index (χ2v) is 8.09. The van der Waals surface area contributed by atoms with Crippen LogP contribution < -0.4 is 0 Å². The number of rotatable bonds is 5. The van der Waals surface area contributed by atoms with Gasteiger partial charge >= 0.3 is 0 Å². The lowest BCUT2D eigenvalue weighted by Crippen LogP contribution is -1.95. The Kier molecular flexibility index (Phi) is 5.95. The van der Waals surface area contributed by atoms with Crippen LogP contribution >= 0.6 is 0 Å². The first kappa shape index (κ1) is 21.3. The minimum Gasteiger partial charge on any atom is -0.508 e. The van der Waals surface area contributed by atoms with Crippen molar-refractivity contribution in [2.24, 2.45) is 0 Å². The van der Waals surface area contributed by atoms with Crippen molar-refractivity contribution in [3.05, 3.63) is 120 Å². The molecule has 0 aliphatic heterocycles. The first-order valence-electron chi connectivity index (χ1n) is 11.1. The number of hydrogen-bond donors (Lipinski definition) is 1. The summed E-state index contributed by atoms with van der Waals surface area (Å²) in [5.41, 5.74) is 8.68. The summed E-state index contributed by atoms with van der Waals surface area (Å²) in [5.74, 6) is 0.230. The maximum Gasteiger partial charge on any atom is 0.116 e. The summed E-state index contributed by atoms with van der Waals surface area (Å²) in [4.78, 5) is 13.8. The average molecular weight is 442 g/mol. The Labute approximate surface area is 199 Å². The lowest BCUT2D eigenvalue weighted by atomic mass is 9.99. The Balaban J connectivity index is 1.59. The van der Waals surface area contributed by atoms with E-state index >= 15 is 0 Å². The maximum absolute atomic E-state index is 9.93. The number of aryl methyl sites for hydroxylation is 1. The van der Waals surface area contributed by atoms with Crippen LogP contribution in [0.2, 0.25) is 0 Å². The van der Waals surface area contributed by atoms with E-state index in [1.54, 1.807) is 18.3 Å². The minimum absolute atomic E-state index is 0.230. The van der Waals surface area contributed by atoms with Gasteiger partial charge in [-0.05, 0) is 60.0 Å². The predicted octanol–water partition coefficient (Wildman–Crippen LogP) is 7.06. The van der Waals surface area contributed by atoms with Crippen LogP contribution in [0.15, 0.2) is 104 Å². The number of nitrogens with zero attached hydrogens (tertiary/aromatic N) is 3. The van der Waals surface area contributed by atoms with Crippen molar-refractivity contribution in [1.29, 1.82) is 0 Å². The zero-order chi connectivity index (χ0) is 23.3. The van der Waals surface area contributed by atoms with Gasteiger partial charge in [0.25, 0.3) is 0 Å². The van der Waals surface area contributed by atoms with E-state index in [-0.39, 0.29) is 5.75 Å². The quantitative estimate of drug-likeness (QED) is 0.317. The molecule has 5 rings (SSSR count). The highest BCUT2D eigenvalue weighted by Gasteiger charge is 2.12. The molecule has 34 heavy (non-hydrogen) atoms. The van der Waals surface area contributed by atoms with Crippen LogP contribution in [0.1, 0.15) is 16.7 Å². The molecule has 0 saturated carbocycles. The van der Waals surface area contributed by atoms with Gasteiger partial charge in [-0.3, -0.25) is 15.0 Å². The average Bonchev–Trinajstić information content (AvgIpc) is 2.88. The lowest BCUT2D eigenvalue weighted by molar-refractivity contribution is 0.475. The van der Waals surface area contributed by atoms with Gasteiger partial charge < -0.3 is 5.11 Å². The Morgan fingerprint density at radius 3 is 2.21 bits per heavy atom. The number of pyridine rings is 3. The number of benzene rings is 2. The van der Waals surface area contributed by atoms with Crippen LogP contribution in [-0.4, -0.2) is 20.1 Å². The van der Waals surface area contributed by atoms with Gasteiger partial charge in [-0.25, -0.2) is 0 Å². The highest BCUT2D eigenvalue weighted by molar-refractivity contribution is 5.82. The van der Waals surface area contributed by atoms with Crippen molar-refractivity contribution in [3.63, 3.8) is 0 Å². The fourth-order valence-corrected chi connectivity index (χ4v) is 3.95. The highest BCUT2D eigenvalue weighted by Crippen LogP contribution is 2.31. The van der Waals surface area contributed by atoms with Crippen LogP contribution in [0.3, 0.4) is 0 Å². The van der Waals surface area contributed by atoms with Gasteiger partial charge in [0.1, 0.15) is 5.75 Å². The number of phenolic OH excluding ortho intramolecular Hbond substituents is 1. The van der Waals surface area contributed by atoms with Crippen LogP contribution in [0.5, 0.6) is 5.75 Å². The van der Waals surface area contributed by atoms with Gasteiger partial charge in [0.05, 0.1) is 11.4 Å². The normalized spacial score (nSPS) is 11.1. The summed E-state index contributed by atoms with van der Waals surface area (Å²) in [6.45, 7) is 2.05. The standard InChI is InChI=1S/C30H23N3O/c1-21-15-27(20-32-29(21)25-10-6-14-31-18-25)30-24(13-12-22-7-3-2-4-8-22)16-26(19-33-30)23-9-5-11-28(34)17-23/h2-20,34H,1H3/b13-12+. The first-order valence-corrected chi connectivity index (χ1v) is 11.1. The van der Waals surface area contributed by atoms with E-state index in [4.69, 9.17) is 9.97 Å². The fourth-order valence-electron chi connectivity index (χ4n) is 3.95. The van der Waals surface area contributed by atoms with Gasteiger partial charge in [0.15, 0.2) is 0 Å². The molecule has 3 heterocycles. The molecule has 0 bridgehead atoms. The summed E-state index contributed by atoms with van der Waals surface area (Å²) < 4.78 is 0. The van der Waals surface area contributed by atoms with Crippen LogP contribution in [0.4, 0.5) is 0 Å². The second-order valence-electron chi connectivity index (χ2n) is 8.09. The molecule has 5 aromatic rings. The van der Waals surface area contributed by atoms with Crippen molar-refractivity contribution in [3.8, 4) is 39.4 Å². The van der Waals surface area contributed by atoms with Gasteiger partial charge in [-0.1, -0.05) is 54.6 Å². The van der Waals surface area contributed by atoms with E-state index in [1.807, 2.05) is 61.1 Å². The molecule has 0 aliphatic carbocycles. The molecule has 4 heteroatoms. The molecule has 164 valence electrons. The summed E-state index contributed by atoms with van der Waals surface area (Å²) in [5, 5.41) is 9.93. The van der Waals surface area contributed by atoms with Gasteiger partial charge in [0.2, 0.25) is 0 Å². The molecule has 0 saturated heterocycles. The largest absolute Gasteiger partial charge is 0.508 e. The third-order valence-corrected chi connectivity index (χ3v) is 5.64. The number of hydrogen-bond acceptors (Lipinski definition) is 4. The zero-order valence-electron chi connectivity index (χ0n) is 18.8. The monoisotopic (exact) mass is 441 g/mol. The highest BCUT2D eigenvalue weighted by atomic mass is 16.3. The van der Waals surface area contributed by atoms with E-state index < -0.39 is 0 Å². The van der Waals surface area contributed by atoms with Gasteiger partial charge in [0, 0.05) is 47.0 Å². The first-order chi connectivity index (χ1) is 16.7. The molecule has 0 radical (unpaired) electrons. The second kappa shape index (κ2) is 9.51. The molecule has 4 nitrogen and oxygen atoms in total. The van der Waals surface area contributed by atoms with E-state index in [0.717, 1.165) is 50.3 Å². The summed E-state index contributed by atoms with van der Waals surface area (Å²) >= 11 is 0. The molecule has 1 N–H and O–H groups in total. The van der Waals surface area contributed by atoms with Gasteiger partial charge in [-0.15, -0.1) is 0 Å². The molecule has 2 aromatic carbocycles. The molecule has 0 aliphatic rings. The van der Waals surface area contributed by atoms with Crippen LogP contribution in [0, 0.1) is 6.92 Å². The summed E-state index contributed by atoms with van der Waals surface area (Å²) in [6.07, 6.45) is 11.5. The van der Waals surface area contributed by atoms with E-state index in [1.165, 1.54) is 0 Å². The molecule has 0 atom stereocenters. The predicted molar refractivity (Wildman–Crippen MR) is 138 cm³/mol. The summed E-state index contributed by atoms with van der Waals surface area (Å²) in [7, 11) is 0. The molecule has 3 aromatic heterocycles. The van der Waals surface area contributed by atoms with Crippen LogP contribution in [0.25, 0.3) is 45.8 Å². The van der Waals surface area contributed by atoms with Crippen molar-refractivity contribution < 1.29 is 5.11 Å². The Hall–Kier alpha value is -4.57. The topological polar surface area (TPSA) is 58.9 Å². The third kappa shape index (κ3) is 4.62.